The van der Waals surface area contributed by atoms with Crippen LogP contribution >= 0.6 is 15.9 Å². The van der Waals surface area contributed by atoms with Gasteiger partial charge < -0.3 is 10.5 Å². The zero-order valence-electron chi connectivity index (χ0n) is 9.80. The van der Waals surface area contributed by atoms with Crippen LogP contribution in [0.25, 0.3) is 0 Å². The zero-order chi connectivity index (χ0) is 13.8. The molecule has 0 spiro atoms. The van der Waals surface area contributed by atoms with Gasteiger partial charge in [0.2, 0.25) is 0 Å². The summed E-state index contributed by atoms with van der Waals surface area (Å²) in [4.78, 5) is 23.7. The molecule has 0 aliphatic rings. The van der Waals surface area contributed by atoms with Crippen molar-refractivity contribution in [2.24, 2.45) is 0 Å². The third kappa shape index (κ3) is 3.00. The fourth-order valence-corrected chi connectivity index (χ4v) is 2.07. The number of anilines is 1. The van der Waals surface area contributed by atoms with Gasteiger partial charge in [0.05, 0.1) is 11.1 Å². The number of ether oxygens (including phenoxy) is 1. The number of carbonyl (C=O) groups is 2. The third-order valence-electron chi connectivity index (χ3n) is 2.44. The van der Waals surface area contributed by atoms with Crippen molar-refractivity contribution >= 4 is 33.6 Å². The molecule has 0 saturated carbocycles. The van der Waals surface area contributed by atoms with Gasteiger partial charge in [-0.25, -0.2) is 9.59 Å². The van der Waals surface area contributed by atoms with E-state index >= 15 is 0 Å². The van der Waals surface area contributed by atoms with Crippen molar-refractivity contribution in [3.8, 4) is 0 Å². The fraction of sp³-hybridized carbons (Fsp3) is 0. The predicted octanol–water partition coefficient (Wildman–Crippen LogP) is 3.03. The van der Waals surface area contributed by atoms with Crippen LogP contribution in [0, 0.1) is 0 Å². The second-order valence-electron chi connectivity index (χ2n) is 3.75. The van der Waals surface area contributed by atoms with Gasteiger partial charge in [-0.1, -0.05) is 24.3 Å². The van der Waals surface area contributed by atoms with Gasteiger partial charge in [0, 0.05) is 10.2 Å². The Morgan fingerprint density at radius 1 is 0.947 bits per heavy atom. The van der Waals surface area contributed by atoms with Gasteiger partial charge in [-0.3, -0.25) is 0 Å². The van der Waals surface area contributed by atoms with E-state index in [1.54, 1.807) is 48.5 Å². The third-order valence-corrected chi connectivity index (χ3v) is 3.11. The molecule has 0 amide bonds. The lowest BCUT2D eigenvalue weighted by Gasteiger charge is -2.07. The van der Waals surface area contributed by atoms with Crippen LogP contribution in [-0.2, 0) is 4.74 Å². The Morgan fingerprint density at radius 3 is 2.26 bits per heavy atom. The summed E-state index contributed by atoms with van der Waals surface area (Å²) in [5, 5.41) is 0. The highest BCUT2D eigenvalue weighted by molar-refractivity contribution is 9.10. The molecule has 0 unspecified atom stereocenters. The number of esters is 2. The van der Waals surface area contributed by atoms with E-state index in [2.05, 4.69) is 15.9 Å². The number of halogens is 1. The number of rotatable bonds is 2. The number of carbonyl (C=O) groups excluding carboxylic acids is 2. The summed E-state index contributed by atoms with van der Waals surface area (Å²) in [5.74, 6) is -1.49. The Hall–Kier alpha value is -2.14. The van der Waals surface area contributed by atoms with Gasteiger partial charge in [-0.05, 0) is 40.2 Å². The van der Waals surface area contributed by atoms with Crippen molar-refractivity contribution in [1.82, 2.24) is 0 Å². The van der Waals surface area contributed by atoms with Gasteiger partial charge in [0.15, 0.2) is 0 Å². The van der Waals surface area contributed by atoms with Crippen molar-refractivity contribution in [3.05, 3.63) is 64.1 Å². The molecule has 0 aliphatic heterocycles. The van der Waals surface area contributed by atoms with Gasteiger partial charge in [-0.15, -0.1) is 0 Å². The summed E-state index contributed by atoms with van der Waals surface area (Å²) in [6.45, 7) is 0. The van der Waals surface area contributed by atoms with E-state index in [1.165, 1.54) is 0 Å². The molecule has 0 saturated heterocycles. The molecular formula is C14H10BrNO3. The summed E-state index contributed by atoms with van der Waals surface area (Å²) in [6.07, 6.45) is 0. The number of nitrogens with two attached hydrogens (primary N) is 1. The molecule has 2 aromatic carbocycles. The second-order valence-corrected chi connectivity index (χ2v) is 4.60. The van der Waals surface area contributed by atoms with E-state index in [9.17, 15) is 9.59 Å². The quantitative estimate of drug-likeness (QED) is 0.525. The van der Waals surface area contributed by atoms with Crippen LogP contribution in [0.15, 0.2) is 53.0 Å². The molecule has 2 aromatic rings. The number of benzene rings is 2. The molecule has 0 atom stereocenters. The van der Waals surface area contributed by atoms with Crippen LogP contribution in [0.1, 0.15) is 20.7 Å². The van der Waals surface area contributed by atoms with Crippen LogP contribution < -0.4 is 5.73 Å². The second kappa shape index (κ2) is 5.67. The first kappa shape index (κ1) is 13.3. The molecule has 0 heterocycles. The monoisotopic (exact) mass is 319 g/mol. The average molecular weight is 320 g/mol. The highest BCUT2D eigenvalue weighted by Crippen LogP contribution is 2.23. The lowest BCUT2D eigenvalue weighted by atomic mass is 10.2. The Kier molecular flexibility index (Phi) is 3.97. The molecule has 0 bridgehead atoms. The molecule has 0 fully saturated rings. The number of hydrogen-bond acceptors (Lipinski definition) is 4. The molecule has 2 rings (SSSR count). The van der Waals surface area contributed by atoms with Crippen molar-refractivity contribution in [2.75, 3.05) is 5.73 Å². The van der Waals surface area contributed by atoms with Gasteiger partial charge in [-0.2, -0.15) is 0 Å². The topological polar surface area (TPSA) is 69.4 Å². The summed E-state index contributed by atoms with van der Waals surface area (Å²) in [5.41, 5.74) is 6.40. The van der Waals surface area contributed by atoms with E-state index < -0.39 is 11.9 Å². The van der Waals surface area contributed by atoms with Gasteiger partial charge in [0.25, 0.3) is 0 Å². The molecule has 4 nitrogen and oxygen atoms in total. The molecule has 19 heavy (non-hydrogen) atoms. The van der Waals surface area contributed by atoms with Crippen LogP contribution in [0.4, 0.5) is 5.69 Å². The van der Waals surface area contributed by atoms with E-state index in [1.807, 2.05) is 0 Å². The first-order chi connectivity index (χ1) is 9.09. The van der Waals surface area contributed by atoms with Crippen LogP contribution in [0.5, 0.6) is 0 Å². The lowest BCUT2D eigenvalue weighted by Crippen LogP contribution is -2.14. The smallest absolute Gasteiger partial charge is 0.349 e. The summed E-state index contributed by atoms with van der Waals surface area (Å²) >= 11 is 3.20. The maximum Gasteiger partial charge on any atom is 0.349 e. The Bertz CT molecular complexity index is 606. The minimum Gasteiger partial charge on any atom is -0.398 e. The Morgan fingerprint density at radius 2 is 1.63 bits per heavy atom. The molecule has 5 heteroatoms. The molecule has 0 radical (unpaired) electrons. The minimum absolute atomic E-state index is 0.145. The standard InChI is InChI=1S/C14H10BrNO3/c15-10-7-4-8-11(16)12(10)14(18)19-13(17)9-5-2-1-3-6-9/h1-8H,16H2. The van der Waals surface area contributed by atoms with Gasteiger partial charge in [0.1, 0.15) is 0 Å². The minimum atomic E-state index is -0.779. The molecule has 0 aliphatic carbocycles. The summed E-state index contributed by atoms with van der Waals surface area (Å²) < 4.78 is 5.28. The predicted molar refractivity (Wildman–Crippen MR) is 74.7 cm³/mol. The van der Waals surface area contributed by atoms with E-state index in [0.717, 1.165) is 0 Å². The van der Waals surface area contributed by atoms with E-state index in [4.69, 9.17) is 10.5 Å². The molecule has 2 N–H and O–H groups in total. The van der Waals surface area contributed by atoms with Crippen molar-refractivity contribution in [2.45, 2.75) is 0 Å². The fourth-order valence-electron chi connectivity index (χ4n) is 1.52. The maximum atomic E-state index is 11.9. The summed E-state index contributed by atoms with van der Waals surface area (Å²) in [6, 6.07) is 13.2. The lowest BCUT2D eigenvalue weighted by molar-refractivity contribution is 0.0398. The number of hydrogen-bond donors (Lipinski definition) is 1. The zero-order valence-corrected chi connectivity index (χ0v) is 11.4. The molecular weight excluding hydrogens is 310 g/mol. The Labute approximate surface area is 118 Å². The van der Waals surface area contributed by atoms with Crippen LogP contribution in [0.2, 0.25) is 0 Å². The summed E-state index contributed by atoms with van der Waals surface area (Å²) in [7, 11) is 0. The first-order valence-electron chi connectivity index (χ1n) is 5.45. The van der Waals surface area contributed by atoms with E-state index in [0.29, 0.717) is 10.0 Å². The van der Waals surface area contributed by atoms with Gasteiger partial charge >= 0.3 is 11.9 Å². The van der Waals surface area contributed by atoms with Crippen molar-refractivity contribution < 1.29 is 14.3 Å². The normalized spacial score (nSPS) is 9.95. The maximum absolute atomic E-state index is 11.9. The Balaban J connectivity index is 2.21. The molecule has 0 aromatic heterocycles. The van der Waals surface area contributed by atoms with Crippen LogP contribution in [0.3, 0.4) is 0 Å². The largest absolute Gasteiger partial charge is 0.398 e. The number of nitrogen functional groups attached to an aromatic ring is 1. The highest BCUT2D eigenvalue weighted by atomic mass is 79.9. The van der Waals surface area contributed by atoms with Crippen LogP contribution in [-0.4, -0.2) is 11.9 Å². The highest BCUT2D eigenvalue weighted by Gasteiger charge is 2.19. The SMILES string of the molecule is Nc1cccc(Br)c1C(=O)OC(=O)c1ccccc1. The van der Waals surface area contributed by atoms with Crippen molar-refractivity contribution in [3.63, 3.8) is 0 Å². The van der Waals surface area contributed by atoms with Crippen molar-refractivity contribution in [1.29, 1.82) is 0 Å². The molecule has 96 valence electrons. The first-order valence-corrected chi connectivity index (χ1v) is 6.24. The average Bonchev–Trinajstić information content (AvgIpc) is 2.39. The van der Waals surface area contributed by atoms with E-state index in [-0.39, 0.29) is 11.3 Å².